The molecule has 0 aliphatic heterocycles. The summed E-state index contributed by atoms with van der Waals surface area (Å²) < 4.78 is 0. The molecule has 0 saturated carbocycles. The lowest BCUT2D eigenvalue weighted by molar-refractivity contribution is 0.772. The number of unbranched alkanes of at least 4 members (excludes halogenated alkanes) is 2. The second-order valence-corrected chi connectivity index (χ2v) is 1.35. The second kappa shape index (κ2) is 47.1. The first-order valence-corrected chi connectivity index (χ1v) is 2.41. The van der Waals surface area contributed by atoms with Gasteiger partial charge in [-0.2, -0.15) is 0 Å². The van der Waals surface area contributed by atoms with E-state index in [1.807, 2.05) is 0 Å². The fourth-order valence-corrected chi connectivity index (χ4v) is 0.354. The number of hydrogen-bond donors (Lipinski definition) is 0. The molecular formula is C5H17Cl5. The van der Waals surface area contributed by atoms with E-state index in [0.717, 1.165) is 0 Å². The molecule has 0 fully saturated rings. The van der Waals surface area contributed by atoms with Crippen molar-refractivity contribution in [1.82, 2.24) is 0 Å². The minimum Gasteiger partial charge on any atom is -0.147 e. The van der Waals surface area contributed by atoms with Crippen LogP contribution in [0, 0.1) is 0 Å². The molecule has 0 aromatic heterocycles. The van der Waals surface area contributed by atoms with Crippen molar-refractivity contribution < 1.29 is 0 Å². The van der Waals surface area contributed by atoms with Gasteiger partial charge in [-0.15, -0.1) is 62.0 Å². The summed E-state index contributed by atoms with van der Waals surface area (Å²) in [6, 6.07) is 0. The van der Waals surface area contributed by atoms with Crippen LogP contribution in [0.2, 0.25) is 0 Å². The molecule has 0 unspecified atom stereocenters. The molecule has 0 saturated heterocycles. The molecule has 0 aliphatic rings. The Morgan fingerprint density at radius 3 is 0.800 bits per heavy atom. The maximum atomic E-state index is 2.21. The van der Waals surface area contributed by atoms with Gasteiger partial charge in [0, 0.05) is 0 Å². The lowest BCUT2D eigenvalue weighted by Crippen LogP contribution is -1.59. The summed E-state index contributed by atoms with van der Waals surface area (Å²) in [5.41, 5.74) is 0. The van der Waals surface area contributed by atoms with Gasteiger partial charge in [0.05, 0.1) is 0 Å². The van der Waals surface area contributed by atoms with Crippen LogP contribution in [-0.2, 0) is 0 Å². The van der Waals surface area contributed by atoms with E-state index >= 15 is 0 Å². The molecule has 0 amide bonds. The van der Waals surface area contributed by atoms with E-state index in [2.05, 4.69) is 13.8 Å². The maximum absolute atomic E-state index is 2.21. The van der Waals surface area contributed by atoms with Crippen LogP contribution in [-0.4, -0.2) is 0 Å². The van der Waals surface area contributed by atoms with Crippen molar-refractivity contribution in [3.8, 4) is 0 Å². The van der Waals surface area contributed by atoms with Crippen molar-refractivity contribution in [3.05, 3.63) is 0 Å². The predicted molar refractivity (Wildman–Crippen MR) is 61.4 cm³/mol. The van der Waals surface area contributed by atoms with Gasteiger partial charge in [0.2, 0.25) is 0 Å². The van der Waals surface area contributed by atoms with Gasteiger partial charge < -0.3 is 0 Å². The topological polar surface area (TPSA) is 0 Å². The Kier molecular flexibility index (Phi) is 198. The van der Waals surface area contributed by atoms with E-state index in [1.165, 1.54) is 19.3 Å². The SMILES string of the molecule is CCCCC.Cl.Cl.Cl.Cl.Cl. The highest BCUT2D eigenvalue weighted by atomic mass is 35.5. The standard InChI is InChI=1S/C5H12.5ClH/c1-3-5-4-2;;;;;/h3-5H2,1-2H3;5*1H. The van der Waals surface area contributed by atoms with Crippen LogP contribution in [0.5, 0.6) is 0 Å². The van der Waals surface area contributed by atoms with Crippen LogP contribution in [0.15, 0.2) is 0 Å². The molecule has 5 heteroatoms. The highest BCUT2D eigenvalue weighted by Crippen LogP contribution is 1.88. The quantitative estimate of drug-likeness (QED) is 0.689. The molecule has 0 aromatic carbocycles. The van der Waals surface area contributed by atoms with Crippen molar-refractivity contribution in [2.24, 2.45) is 0 Å². The summed E-state index contributed by atoms with van der Waals surface area (Å²) >= 11 is 0. The smallest absolute Gasteiger partial charge is 0.0538 e. The molecule has 0 aliphatic carbocycles. The van der Waals surface area contributed by atoms with Crippen LogP contribution in [0.4, 0.5) is 0 Å². The summed E-state index contributed by atoms with van der Waals surface area (Å²) in [5, 5.41) is 0. The van der Waals surface area contributed by atoms with Gasteiger partial charge in [-0.05, 0) is 0 Å². The van der Waals surface area contributed by atoms with Crippen molar-refractivity contribution in [2.75, 3.05) is 0 Å². The average molecular weight is 254 g/mol. The molecule has 0 radical (unpaired) electrons. The Labute approximate surface area is 95.0 Å². The molecule has 0 N–H and O–H groups in total. The summed E-state index contributed by atoms with van der Waals surface area (Å²) in [5.74, 6) is 0. The Hall–Kier alpha value is 1.45. The average Bonchev–Trinajstić information content (AvgIpc) is 1.41. The van der Waals surface area contributed by atoms with Crippen molar-refractivity contribution in [1.29, 1.82) is 0 Å². The van der Waals surface area contributed by atoms with Gasteiger partial charge in [-0.25, -0.2) is 0 Å². The van der Waals surface area contributed by atoms with Gasteiger partial charge in [0.25, 0.3) is 0 Å². The van der Waals surface area contributed by atoms with E-state index in [1.54, 1.807) is 0 Å². The van der Waals surface area contributed by atoms with Gasteiger partial charge in [0.1, 0.15) is 0 Å². The molecule has 72 valence electrons. The molecule has 10 heavy (non-hydrogen) atoms. The zero-order valence-corrected chi connectivity index (χ0v) is 10.2. The Morgan fingerprint density at radius 1 is 0.600 bits per heavy atom. The number of halogens is 5. The van der Waals surface area contributed by atoms with Crippen LogP contribution >= 0.6 is 62.0 Å². The monoisotopic (exact) mass is 252 g/mol. The highest BCUT2D eigenvalue weighted by molar-refractivity contribution is 5.86. The normalized spacial score (nSPS) is 4.20. The van der Waals surface area contributed by atoms with Crippen LogP contribution in [0.3, 0.4) is 0 Å². The Balaban J connectivity index is -0.00000000800. The van der Waals surface area contributed by atoms with Gasteiger partial charge in [0.15, 0.2) is 0 Å². The lowest BCUT2D eigenvalue weighted by atomic mass is 10.3. The number of rotatable bonds is 2. The minimum atomic E-state index is 0. The van der Waals surface area contributed by atoms with E-state index in [-0.39, 0.29) is 62.0 Å². The number of hydrogen-bond acceptors (Lipinski definition) is 0. The molecule has 0 aromatic rings. The highest BCUT2D eigenvalue weighted by Gasteiger charge is 1.68. The fraction of sp³-hybridized carbons (Fsp3) is 1.00. The largest absolute Gasteiger partial charge is 0.147 e. The third-order valence-corrected chi connectivity index (χ3v) is 0.707. The first-order valence-electron chi connectivity index (χ1n) is 2.41. The van der Waals surface area contributed by atoms with E-state index in [9.17, 15) is 0 Å². The second-order valence-electron chi connectivity index (χ2n) is 1.35. The summed E-state index contributed by atoms with van der Waals surface area (Å²) in [6.45, 7) is 4.42. The third-order valence-electron chi connectivity index (χ3n) is 0.707. The third kappa shape index (κ3) is 56.7. The van der Waals surface area contributed by atoms with Crippen LogP contribution in [0.1, 0.15) is 33.1 Å². The molecular weight excluding hydrogens is 237 g/mol. The van der Waals surface area contributed by atoms with E-state index in [0.29, 0.717) is 0 Å². The molecule has 0 nitrogen and oxygen atoms in total. The Bertz CT molecular complexity index is 17.5. The van der Waals surface area contributed by atoms with Gasteiger partial charge >= 0.3 is 0 Å². The molecule has 0 bridgehead atoms. The lowest BCUT2D eigenvalue weighted by Gasteiger charge is -1.79. The first kappa shape index (κ1) is 42.1. The molecule has 0 atom stereocenters. The zero-order valence-electron chi connectivity index (χ0n) is 6.16. The van der Waals surface area contributed by atoms with Gasteiger partial charge in [-0.1, -0.05) is 33.1 Å². The first-order chi connectivity index (χ1) is 2.41. The van der Waals surface area contributed by atoms with Crippen molar-refractivity contribution in [2.45, 2.75) is 33.1 Å². The van der Waals surface area contributed by atoms with Gasteiger partial charge in [-0.3, -0.25) is 0 Å². The molecule has 0 heterocycles. The van der Waals surface area contributed by atoms with Crippen molar-refractivity contribution >= 4 is 62.0 Å². The van der Waals surface area contributed by atoms with Crippen LogP contribution < -0.4 is 0 Å². The van der Waals surface area contributed by atoms with E-state index in [4.69, 9.17) is 0 Å². The van der Waals surface area contributed by atoms with Crippen molar-refractivity contribution in [3.63, 3.8) is 0 Å². The predicted octanol–water partition coefficient (Wildman–Crippen LogP) is 4.31. The maximum Gasteiger partial charge on any atom is -0.0538 e. The molecule has 0 rings (SSSR count). The van der Waals surface area contributed by atoms with E-state index < -0.39 is 0 Å². The fourth-order valence-electron chi connectivity index (χ4n) is 0.354. The van der Waals surface area contributed by atoms with Crippen LogP contribution in [0.25, 0.3) is 0 Å². The summed E-state index contributed by atoms with van der Waals surface area (Å²) in [7, 11) is 0. The molecule has 0 spiro atoms. The zero-order chi connectivity index (χ0) is 4.12. The summed E-state index contributed by atoms with van der Waals surface area (Å²) in [6.07, 6.45) is 4.08. The minimum absolute atomic E-state index is 0. The Morgan fingerprint density at radius 2 is 0.800 bits per heavy atom. The summed E-state index contributed by atoms with van der Waals surface area (Å²) in [4.78, 5) is 0.